The summed E-state index contributed by atoms with van der Waals surface area (Å²) < 4.78 is 32.3. The van der Waals surface area contributed by atoms with E-state index in [1.54, 1.807) is 24.3 Å². The Morgan fingerprint density at radius 2 is 1.92 bits per heavy atom. The maximum Gasteiger partial charge on any atom is 0.241 e. The van der Waals surface area contributed by atoms with Crippen LogP contribution < -0.4 is 15.2 Å². The Morgan fingerprint density at radius 1 is 1.25 bits per heavy atom. The van der Waals surface area contributed by atoms with Gasteiger partial charge in [-0.05, 0) is 30.2 Å². The molecule has 0 radical (unpaired) electrons. The number of ether oxygens (including phenoxy) is 1. The number of carbonyl (C=O) groups is 1. The second-order valence-corrected chi connectivity index (χ2v) is 7.18. The molecule has 2 rings (SSSR count). The van der Waals surface area contributed by atoms with Crippen molar-refractivity contribution in [2.45, 2.75) is 17.4 Å². The number of sulfonamides is 1. The minimum absolute atomic E-state index is 0.0763. The molecule has 2 aromatic carbocycles. The predicted molar refractivity (Wildman–Crippen MR) is 91.5 cm³/mol. The van der Waals surface area contributed by atoms with Crippen LogP contribution in [-0.4, -0.2) is 27.5 Å². The fraction of sp³-hybridized carbons (Fsp3) is 0.188. The first-order valence-electron chi connectivity index (χ1n) is 7.02. The lowest BCUT2D eigenvalue weighted by Gasteiger charge is -2.16. The number of carbonyl (C=O) groups excluding carboxylic acids is 1. The van der Waals surface area contributed by atoms with Crippen LogP contribution in [0, 0.1) is 0 Å². The van der Waals surface area contributed by atoms with E-state index in [1.807, 2.05) is 6.07 Å². The molecule has 0 bridgehead atoms. The summed E-state index contributed by atoms with van der Waals surface area (Å²) in [6, 6.07) is 12.0. The molecule has 0 spiro atoms. The van der Waals surface area contributed by atoms with Crippen molar-refractivity contribution >= 4 is 27.5 Å². The Kier molecular flexibility index (Phi) is 5.82. The van der Waals surface area contributed by atoms with Gasteiger partial charge in [-0.15, -0.1) is 0 Å². The molecular formula is C16H17ClN2O4S. The zero-order valence-corrected chi connectivity index (χ0v) is 14.5. The van der Waals surface area contributed by atoms with Gasteiger partial charge in [0.15, 0.2) is 0 Å². The lowest BCUT2D eigenvalue weighted by molar-refractivity contribution is -0.119. The number of benzene rings is 2. The number of primary amides is 1. The number of halogens is 1. The molecule has 6 nitrogen and oxygen atoms in total. The van der Waals surface area contributed by atoms with Crippen molar-refractivity contribution in [2.24, 2.45) is 5.73 Å². The highest BCUT2D eigenvalue weighted by atomic mass is 35.5. The van der Waals surface area contributed by atoms with Crippen LogP contribution in [0.2, 0.25) is 5.02 Å². The van der Waals surface area contributed by atoms with Crippen LogP contribution in [0.15, 0.2) is 53.4 Å². The molecule has 128 valence electrons. The minimum Gasteiger partial charge on any atom is -0.495 e. The third-order valence-electron chi connectivity index (χ3n) is 3.36. The van der Waals surface area contributed by atoms with Gasteiger partial charge in [-0.3, -0.25) is 4.79 Å². The molecule has 0 aliphatic rings. The molecule has 2 aromatic rings. The highest BCUT2D eigenvalue weighted by Crippen LogP contribution is 2.27. The van der Waals surface area contributed by atoms with Gasteiger partial charge >= 0.3 is 0 Å². The zero-order chi connectivity index (χ0) is 17.7. The van der Waals surface area contributed by atoms with Crippen LogP contribution in [0.3, 0.4) is 0 Å². The molecule has 1 atom stereocenters. The number of nitrogens with two attached hydrogens (primary N) is 1. The van der Waals surface area contributed by atoms with Crippen LogP contribution in [0.4, 0.5) is 0 Å². The van der Waals surface area contributed by atoms with Gasteiger partial charge in [0.2, 0.25) is 15.9 Å². The van der Waals surface area contributed by atoms with E-state index in [-0.39, 0.29) is 16.3 Å². The molecule has 0 unspecified atom stereocenters. The summed E-state index contributed by atoms with van der Waals surface area (Å²) in [6.07, 6.45) is 0.152. The molecule has 0 saturated heterocycles. The topological polar surface area (TPSA) is 98.5 Å². The smallest absolute Gasteiger partial charge is 0.241 e. The number of rotatable bonds is 7. The van der Waals surface area contributed by atoms with Crippen LogP contribution in [0.5, 0.6) is 5.75 Å². The molecule has 1 amide bonds. The first-order chi connectivity index (χ1) is 11.3. The van der Waals surface area contributed by atoms with Gasteiger partial charge < -0.3 is 10.5 Å². The van der Waals surface area contributed by atoms with Gasteiger partial charge in [-0.25, -0.2) is 8.42 Å². The van der Waals surface area contributed by atoms with Gasteiger partial charge in [-0.1, -0.05) is 41.9 Å². The van der Waals surface area contributed by atoms with Gasteiger partial charge in [-0.2, -0.15) is 4.72 Å². The van der Waals surface area contributed by atoms with E-state index in [9.17, 15) is 13.2 Å². The third kappa shape index (κ3) is 4.47. The summed E-state index contributed by atoms with van der Waals surface area (Å²) >= 11 is 5.96. The molecule has 24 heavy (non-hydrogen) atoms. The zero-order valence-electron chi connectivity index (χ0n) is 12.9. The second-order valence-electron chi connectivity index (χ2n) is 5.06. The Bertz CT molecular complexity index is 825. The first-order valence-corrected chi connectivity index (χ1v) is 8.88. The fourth-order valence-corrected chi connectivity index (χ4v) is 3.67. The normalized spacial score (nSPS) is 12.6. The first kappa shape index (κ1) is 18.3. The van der Waals surface area contributed by atoms with Crippen molar-refractivity contribution in [3.8, 4) is 5.75 Å². The van der Waals surface area contributed by atoms with Gasteiger partial charge in [0.05, 0.1) is 17.0 Å². The molecule has 8 heteroatoms. The quantitative estimate of drug-likeness (QED) is 0.777. The lowest BCUT2D eigenvalue weighted by Crippen LogP contribution is -2.45. The van der Waals surface area contributed by atoms with E-state index in [0.29, 0.717) is 5.75 Å². The Hall–Kier alpha value is -2.09. The maximum atomic E-state index is 12.5. The standard InChI is InChI=1S/C16H17ClN2O4S/c1-23-15-8-7-12(10-13(15)17)24(21,22)19-14(16(18)20)9-11-5-3-2-4-6-11/h2-8,10,14,19H,9H2,1H3,(H2,18,20)/t14-/m1/s1. The van der Waals surface area contributed by atoms with Crippen LogP contribution >= 0.6 is 11.6 Å². The van der Waals surface area contributed by atoms with E-state index in [1.165, 1.54) is 25.3 Å². The third-order valence-corrected chi connectivity index (χ3v) is 5.12. The van der Waals surface area contributed by atoms with Gasteiger partial charge in [0.1, 0.15) is 11.8 Å². The summed E-state index contributed by atoms with van der Waals surface area (Å²) in [5, 5.41) is 0.152. The van der Waals surface area contributed by atoms with Crippen molar-refractivity contribution in [2.75, 3.05) is 7.11 Å². The van der Waals surface area contributed by atoms with Crippen LogP contribution in [0.1, 0.15) is 5.56 Å². The van der Waals surface area contributed by atoms with E-state index >= 15 is 0 Å². The molecule has 0 aliphatic carbocycles. The maximum absolute atomic E-state index is 12.5. The Morgan fingerprint density at radius 3 is 2.46 bits per heavy atom. The van der Waals surface area contributed by atoms with Crippen molar-refractivity contribution in [3.05, 3.63) is 59.1 Å². The van der Waals surface area contributed by atoms with Crippen LogP contribution in [0.25, 0.3) is 0 Å². The van der Waals surface area contributed by atoms with Crippen molar-refractivity contribution in [1.29, 1.82) is 0 Å². The molecule has 0 heterocycles. The molecular weight excluding hydrogens is 352 g/mol. The van der Waals surface area contributed by atoms with E-state index in [0.717, 1.165) is 5.56 Å². The second kappa shape index (κ2) is 7.65. The number of nitrogens with one attached hydrogen (secondary N) is 1. The van der Waals surface area contributed by atoms with Crippen LogP contribution in [-0.2, 0) is 21.2 Å². The summed E-state index contributed by atoms with van der Waals surface area (Å²) in [5.74, 6) is -0.409. The van der Waals surface area contributed by atoms with Crippen molar-refractivity contribution in [1.82, 2.24) is 4.72 Å². The Labute approximate surface area is 145 Å². The SMILES string of the molecule is COc1ccc(S(=O)(=O)N[C@H](Cc2ccccc2)C(N)=O)cc1Cl. The molecule has 3 N–H and O–H groups in total. The number of methoxy groups -OCH3 is 1. The molecule has 0 aromatic heterocycles. The highest BCUT2D eigenvalue weighted by molar-refractivity contribution is 7.89. The average Bonchev–Trinajstić information content (AvgIpc) is 2.55. The summed E-state index contributed by atoms with van der Waals surface area (Å²) in [6.45, 7) is 0. The van der Waals surface area contributed by atoms with Gasteiger partial charge in [0, 0.05) is 0 Å². The Balaban J connectivity index is 2.24. The fourth-order valence-electron chi connectivity index (χ4n) is 2.12. The molecule has 0 aliphatic heterocycles. The van der Waals surface area contributed by atoms with E-state index in [2.05, 4.69) is 4.72 Å². The van der Waals surface area contributed by atoms with Gasteiger partial charge in [0.25, 0.3) is 0 Å². The number of amides is 1. The van der Waals surface area contributed by atoms with Crippen molar-refractivity contribution < 1.29 is 17.9 Å². The largest absolute Gasteiger partial charge is 0.495 e. The van der Waals surface area contributed by atoms with Crippen molar-refractivity contribution in [3.63, 3.8) is 0 Å². The lowest BCUT2D eigenvalue weighted by atomic mass is 10.1. The number of hydrogen-bond acceptors (Lipinski definition) is 4. The van der Waals surface area contributed by atoms with E-state index < -0.39 is 22.0 Å². The number of hydrogen-bond donors (Lipinski definition) is 2. The molecule has 0 fully saturated rings. The summed E-state index contributed by atoms with van der Waals surface area (Å²) in [4.78, 5) is 11.6. The highest BCUT2D eigenvalue weighted by Gasteiger charge is 2.25. The van der Waals surface area contributed by atoms with E-state index in [4.69, 9.17) is 22.1 Å². The predicted octanol–water partition coefficient (Wildman–Crippen LogP) is 1.72. The minimum atomic E-state index is -3.96. The summed E-state index contributed by atoms with van der Waals surface area (Å²) in [5.41, 5.74) is 6.12. The monoisotopic (exact) mass is 368 g/mol. The summed E-state index contributed by atoms with van der Waals surface area (Å²) in [7, 11) is -2.54. The molecule has 0 saturated carbocycles. The average molecular weight is 369 g/mol.